The first-order valence-corrected chi connectivity index (χ1v) is 4.81. The van der Waals surface area contributed by atoms with Gasteiger partial charge in [0.05, 0.1) is 0 Å². The van der Waals surface area contributed by atoms with Crippen LogP contribution < -0.4 is 11.5 Å². The van der Waals surface area contributed by atoms with E-state index in [1.807, 2.05) is 0 Å². The minimum atomic E-state index is -0.284. The van der Waals surface area contributed by atoms with Gasteiger partial charge in [-0.2, -0.15) is 0 Å². The molecule has 0 saturated carbocycles. The smallest absolute Gasteiger partial charge is 0.123 e. The maximum Gasteiger partial charge on any atom is 0.123 e. The third-order valence-electron chi connectivity index (χ3n) is 2.17. The topological polar surface area (TPSA) is 52.0 Å². The van der Waals surface area contributed by atoms with Crippen LogP contribution in [0.1, 0.15) is 31.9 Å². The predicted octanol–water partition coefficient (Wildman–Crippen LogP) is 2.45. The van der Waals surface area contributed by atoms with Gasteiger partial charge in [-0.25, -0.2) is 4.39 Å². The van der Waals surface area contributed by atoms with Crippen molar-refractivity contribution in [2.45, 2.75) is 26.3 Å². The predicted molar refractivity (Wildman–Crippen MR) is 57.2 cm³/mol. The van der Waals surface area contributed by atoms with E-state index in [0.717, 1.165) is 6.42 Å². The zero-order valence-corrected chi connectivity index (χ0v) is 8.63. The van der Waals surface area contributed by atoms with Crippen LogP contribution in [0.25, 0.3) is 0 Å². The van der Waals surface area contributed by atoms with Crippen molar-refractivity contribution in [2.75, 3.05) is 5.73 Å². The number of hydrogen-bond donors (Lipinski definition) is 2. The average Bonchev–Trinajstić information content (AvgIpc) is 2.08. The van der Waals surface area contributed by atoms with Crippen LogP contribution in [0, 0.1) is 11.7 Å². The van der Waals surface area contributed by atoms with Gasteiger partial charge in [0.25, 0.3) is 0 Å². The molecule has 4 N–H and O–H groups in total. The minimum absolute atomic E-state index is 0.175. The molecule has 0 spiro atoms. The normalized spacial score (nSPS) is 13.2. The second-order valence-electron chi connectivity index (χ2n) is 4.01. The Morgan fingerprint density at radius 1 is 1.36 bits per heavy atom. The highest BCUT2D eigenvalue weighted by Gasteiger charge is 2.11. The van der Waals surface area contributed by atoms with Crippen molar-refractivity contribution in [3.63, 3.8) is 0 Å². The molecule has 1 rings (SSSR count). The standard InChI is InChI=1S/C11H17FN2/c1-7(2)5-11(14)9-6-8(12)3-4-10(9)13/h3-4,6-7,11H,5,13-14H2,1-2H3. The van der Waals surface area contributed by atoms with Crippen molar-refractivity contribution in [3.8, 4) is 0 Å². The first-order valence-electron chi connectivity index (χ1n) is 4.81. The molecule has 0 heterocycles. The molecule has 14 heavy (non-hydrogen) atoms. The molecular weight excluding hydrogens is 179 g/mol. The Labute approximate surface area is 84.1 Å². The average molecular weight is 196 g/mol. The quantitative estimate of drug-likeness (QED) is 0.729. The third-order valence-corrected chi connectivity index (χ3v) is 2.17. The summed E-state index contributed by atoms with van der Waals surface area (Å²) in [5, 5.41) is 0. The van der Waals surface area contributed by atoms with Crippen LogP contribution in [0.5, 0.6) is 0 Å². The van der Waals surface area contributed by atoms with E-state index in [0.29, 0.717) is 17.2 Å². The number of anilines is 1. The highest BCUT2D eigenvalue weighted by Crippen LogP contribution is 2.24. The SMILES string of the molecule is CC(C)CC(N)c1cc(F)ccc1N. The van der Waals surface area contributed by atoms with E-state index in [2.05, 4.69) is 13.8 Å². The summed E-state index contributed by atoms with van der Waals surface area (Å²) in [6.07, 6.45) is 0.813. The van der Waals surface area contributed by atoms with Crippen molar-refractivity contribution in [3.05, 3.63) is 29.6 Å². The molecule has 0 amide bonds. The van der Waals surface area contributed by atoms with E-state index < -0.39 is 0 Å². The molecule has 1 atom stereocenters. The molecule has 78 valence electrons. The monoisotopic (exact) mass is 196 g/mol. The van der Waals surface area contributed by atoms with Crippen molar-refractivity contribution < 1.29 is 4.39 Å². The molecule has 0 aliphatic rings. The third kappa shape index (κ3) is 2.70. The van der Waals surface area contributed by atoms with Crippen LogP contribution >= 0.6 is 0 Å². The maximum absolute atomic E-state index is 12.9. The highest BCUT2D eigenvalue weighted by molar-refractivity contribution is 5.48. The number of nitrogens with two attached hydrogens (primary N) is 2. The summed E-state index contributed by atoms with van der Waals surface area (Å²) in [6, 6.07) is 4.15. The maximum atomic E-state index is 12.9. The van der Waals surface area contributed by atoms with E-state index in [4.69, 9.17) is 11.5 Å². The lowest BCUT2D eigenvalue weighted by Crippen LogP contribution is -2.15. The summed E-state index contributed by atoms with van der Waals surface area (Å²) in [5.74, 6) is 0.195. The lowest BCUT2D eigenvalue weighted by Gasteiger charge is -2.16. The molecule has 2 nitrogen and oxygen atoms in total. The molecule has 1 unspecified atom stereocenters. The van der Waals surface area contributed by atoms with Gasteiger partial charge in [-0.15, -0.1) is 0 Å². The van der Waals surface area contributed by atoms with Gasteiger partial charge in [-0.1, -0.05) is 13.8 Å². The van der Waals surface area contributed by atoms with Crippen molar-refractivity contribution in [2.24, 2.45) is 11.7 Å². The van der Waals surface area contributed by atoms with Crippen molar-refractivity contribution in [1.82, 2.24) is 0 Å². The molecule has 1 aromatic rings. The Balaban J connectivity index is 2.88. The highest BCUT2D eigenvalue weighted by atomic mass is 19.1. The Kier molecular flexibility index (Phi) is 3.47. The Morgan fingerprint density at radius 2 is 2.00 bits per heavy atom. The molecule has 0 fully saturated rings. The van der Waals surface area contributed by atoms with E-state index in [-0.39, 0.29) is 11.9 Å². The van der Waals surface area contributed by atoms with Crippen LogP contribution in [0.4, 0.5) is 10.1 Å². The molecule has 0 saturated heterocycles. The second kappa shape index (κ2) is 4.42. The fraction of sp³-hybridized carbons (Fsp3) is 0.455. The minimum Gasteiger partial charge on any atom is -0.398 e. The summed E-state index contributed by atoms with van der Waals surface area (Å²) in [7, 11) is 0. The van der Waals surface area contributed by atoms with Crippen LogP contribution in [0.2, 0.25) is 0 Å². The number of nitrogen functional groups attached to an aromatic ring is 1. The second-order valence-corrected chi connectivity index (χ2v) is 4.01. The van der Waals surface area contributed by atoms with Crippen molar-refractivity contribution >= 4 is 5.69 Å². The van der Waals surface area contributed by atoms with Gasteiger partial charge in [-0.05, 0) is 36.1 Å². The summed E-state index contributed by atoms with van der Waals surface area (Å²) >= 11 is 0. The Morgan fingerprint density at radius 3 is 2.57 bits per heavy atom. The van der Waals surface area contributed by atoms with Gasteiger partial charge in [0.1, 0.15) is 5.82 Å². The van der Waals surface area contributed by atoms with E-state index in [1.165, 1.54) is 12.1 Å². The molecule has 0 aromatic heterocycles. The molecule has 1 aromatic carbocycles. The van der Waals surface area contributed by atoms with E-state index in [9.17, 15) is 4.39 Å². The largest absolute Gasteiger partial charge is 0.398 e. The van der Waals surface area contributed by atoms with Gasteiger partial charge in [0.15, 0.2) is 0 Å². The van der Waals surface area contributed by atoms with Crippen molar-refractivity contribution in [1.29, 1.82) is 0 Å². The summed E-state index contributed by atoms with van der Waals surface area (Å²) in [4.78, 5) is 0. The summed E-state index contributed by atoms with van der Waals surface area (Å²) < 4.78 is 12.9. The van der Waals surface area contributed by atoms with E-state index >= 15 is 0 Å². The molecule has 0 aliphatic heterocycles. The zero-order valence-electron chi connectivity index (χ0n) is 8.63. The fourth-order valence-corrected chi connectivity index (χ4v) is 1.50. The number of benzene rings is 1. The van der Waals surface area contributed by atoms with Crippen LogP contribution in [-0.2, 0) is 0 Å². The molecular formula is C11H17FN2. The van der Waals surface area contributed by atoms with Gasteiger partial charge < -0.3 is 11.5 Å². The lowest BCUT2D eigenvalue weighted by molar-refractivity contribution is 0.508. The summed E-state index contributed by atoms with van der Waals surface area (Å²) in [5.41, 5.74) is 12.9. The molecule has 0 aliphatic carbocycles. The molecule has 0 radical (unpaired) electrons. The molecule has 3 heteroatoms. The first kappa shape index (κ1) is 11.0. The van der Waals surface area contributed by atoms with E-state index in [1.54, 1.807) is 6.07 Å². The number of halogens is 1. The lowest BCUT2D eigenvalue weighted by atomic mass is 9.96. The Hall–Kier alpha value is -1.09. The van der Waals surface area contributed by atoms with Crippen LogP contribution in [-0.4, -0.2) is 0 Å². The zero-order chi connectivity index (χ0) is 10.7. The van der Waals surface area contributed by atoms with Crippen LogP contribution in [0.15, 0.2) is 18.2 Å². The van der Waals surface area contributed by atoms with Gasteiger partial charge in [0.2, 0.25) is 0 Å². The Bertz CT molecular complexity index is 310. The summed E-state index contributed by atoms with van der Waals surface area (Å²) in [6.45, 7) is 4.16. The van der Waals surface area contributed by atoms with Gasteiger partial charge in [0, 0.05) is 11.7 Å². The number of hydrogen-bond acceptors (Lipinski definition) is 2. The van der Waals surface area contributed by atoms with Gasteiger partial charge >= 0.3 is 0 Å². The van der Waals surface area contributed by atoms with Gasteiger partial charge in [-0.3, -0.25) is 0 Å². The van der Waals surface area contributed by atoms with Crippen LogP contribution in [0.3, 0.4) is 0 Å². The first-order chi connectivity index (χ1) is 6.50. The molecule has 0 bridgehead atoms. The fourth-order valence-electron chi connectivity index (χ4n) is 1.50. The number of rotatable bonds is 3.